The molecule has 3 aromatic rings. The molecule has 0 bridgehead atoms. The van der Waals surface area contributed by atoms with E-state index in [0.717, 1.165) is 24.1 Å². The minimum absolute atomic E-state index is 0.140. The van der Waals surface area contributed by atoms with E-state index in [-0.39, 0.29) is 18.0 Å². The van der Waals surface area contributed by atoms with E-state index in [1.54, 1.807) is 11.3 Å². The lowest BCUT2D eigenvalue weighted by Gasteiger charge is -2.35. The van der Waals surface area contributed by atoms with Crippen LogP contribution in [0.2, 0.25) is 0 Å². The maximum absolute atomic E-state index is 13.8. The first-order valence-electron chi connectivity index (χ1n) is 11.1. The Bertz CT molecular complexity index is 1070. The van der Waals surface area contributed by atoms with Crippen LogP contribution in [-0.4, -0.2) is 40.5 Å². The monoisotopic (exact) mass is 445 g/mol. The molecule has 3 amide bonds. The zero-order valence-corrected chi connectivity index (χ0v) is 19.0. The van der Waals surface area contributed by atoms with Gasteiger partial charge in [0.25, 0.3) is 5.91 Å². The van der Waals surface area contributed by atoms with E-state index in [4.69, 9.17) is 0 Å². The second kappa shape index (κ2) is 8.52. The van der Waals surface area contributed by atoms with E-state index < -0.39 is 5.54 Å². The van der Waals surface area contributed by atoms with Crippen LogP contribution in [0.15, 0.2) is 72.1 Å². The lowest BCUT2D eigenvalue weighted by atomic mass is 9.84. The van der Waals surface area contributed by atoms with E-state index >= 15 is 0 Å². The second-order valence-electron chi connectivity index (χ2n) is 8.75. The largest absolute Gasteiger partial charge is 0.326 e. The molecule has 0 unspecified atom stereocenters. The molecular formula is C26H27N3O2S. The predicted molar refractivity (Wildman–Crippen MR) is 126 cm³/mol. The number of benzene rings is 2. The summed E-state index contributed by atoms with van der Waals surface area (Å²) in [5.74, 6) is -0.140. The van der Waals surface area contributed by atoms with Crippen LogP contribution in [0.25, 0.3) is 0 Å². The summed E-state index contributed by atoms with van der Waals surface area (Å²) >= 11 is 1.79. The molecule has 2 aliphatic rings. The molecule has 6 heteroatoms. The van der Waals surface area contributed by atoms with Gasteiger partial charge in [0.1, 0.15) is 5.54 Å². The highest BCUT2D eigenvalue weighted by Gasteiger charge is 2.51. The summed E-state index contributed by atoms with van der Waals surface area (Å²) in [7, 11) is 0. The SMILES string of the molecule is C[C@H]1c2ccsc2CCN1CN1C(=O)NC(Cc2ccccc2)(Cc2ccccc2)C1=O. The van der Waals surface area contributed by atoms with Crippen molar-refractivity contribution in [1.29, 1.82) is 0 Å². The fourth-order valence-corrected chi connectivity index (χ4v) is 5.89. The third-order valence-corrected chi connectivity index (χ3v) is 7.67. The molecule has 0 spiro atoms. The van der Waals surface area contributed by atoms with Crippen LogP contribution in [0.1, 0.15) is 34.5 Å². The summed E-state index contributed by atoms with van der Waals surface area (Å²) < 4.78 is 0. The highest BCUT2D eigenvalue weighted by atomic mass is 32.1. The Morgan fingerprint density at radius 2 is 1.59 bits per heavy atom. The van der Waals surface area contributed by atoms with Gasteiger partial charge < -0.3 is 5.32 Å². The molecule has 32 heavy (non-hydrogen) atoms. The second-order valence-corrected chi connectivity index (χ2v) is 9.75. The van der Waals surface area contributed by atoms with Gasteiger partial charge in [0.05, 0.1) is 6.67 Å². The number of amides is 3. The fraction of sp³-hybridized carbons (Fsp3) is 0.308. The highest BCUT2D eigenvalue weighted by Crippen LogP contribution is 2.34. The Balaban J connectivity index is 1.42. The van der Waals surface area contributed by atoms with Crippen LogP contribution < -0.4 is 5.32 Å². The topological polar surface area (TPSA) is 52.6 Å². The summed E-state index contributed by atoms with van der Waals surface area (Å²) in [6, 6.07) is 21.9. The van der Waals surface area contributed by atoms with Gasteiger partial charge in [-0.25, -0.2) is 9.69 Å². The number of thiophene rings is 1. The summed E-state index contributed by atoms with van der Waals surface area (Å²) in [5, 5.41) is 5.22. The van der Waals surface area contributed by atoms with Gasteiger partial charge in [-0.3, -0.25) is 9.69 Å². The average molecular weight is 446 g/mol. The normalized spacial score (nSPS) is 20.3. The molecule has 1 fully saturated rings. The molecule has 1 aromatic heterocycles. The van der Waals surface area contributed by atoms with E-state index in [2.05, 4.69) is 28.6 Å². The maximum Gasteiger partial charge on any atom is 0.326 e. The van der Waals surface area contributed by atoms with Crippen molar-refractivity contribution >= 4 is 23.3 Å². The Hall–Kier alpha value is -2.96. The third kappa shape index (κ3) is 3.85. The number of hydrogen-bond acceptors (Lipinski definition) is 4. The molecule has 1 saturated heterocycles. The summed E-state index contributed by atoms with van der Waals surface area (Å²) in [6.07, 6.45) is 1.89. The zero-order chi connectivity index (χ0) is 22.1. The lowest BCUT2D eigenvalue weighted by Crippen LogP contribution is -2.51. The molecule has 0 radical (unpaired) electrons. The average Bonchev–Trinajstić information content (AvgIpc) is 3.36. The van der Waals surface area contributed by atoms with Crippen molar-refractivity contribution < 1.29 is 9.59 Å². The van der Waals surface area contributed by atoms with Crippen molar-refractivity contribution in [2.24, 2.45) is 0 Å². The van der Waals surface area contributed by atoms with Gasteiger partial charge >= 0.3 is 6.03 Å². The Kier molecular flexibility index (Phi) is 5.57. The van der Waals surface area contributed by atoms with E-state index in [9.17, 15) is 9.59 Å². The van der Waals surface area contributed by atoms with Gasteiger partial charge in [-0.2, -0.15) is 0 Å². The van der Waals surface area contributed by atoms with E-state index in [1.165, 1.54) is 15.3 Å². The highest BCUT2D eigenvalue weighted by molar-refractivity contribution is 7.10. The number of urea groups is 1. The van der Waals surface area contributed by atoms with Crippen LogP contribution >= 0.6 is 11.3 Å². The molecule has 0 saturated carbocycles. The molecule has 164 valence electrons. The van der Waals surface area contributed by atoms with Crippen LogP contribution in [0.4, 0.5) is 4.79 Å². The standard InChI is InChI=1S/C26H27N3O2S/c1-19-22-13-15-32-23(22)12-14-28(19)18-29-24(30)26(27-25(29)31,16-20-8-4-2-5-9-20)17-21-10-6-3-7-11-21/h2-11,13,15,19H,12,14,16-18H2,1H3,(H,27,31)/t19-/m0/s1. The molecule has 5 nitrogen and oxygen atoms in total. The molecule has 1 N–H and O–H groups in total. The minimum atomic E-state index is -0.980. The van der Waals surface area contributed by atoms with Gasteiger partial charge in [-0.05, 0) is 41.5 Å². The van der Waals surface area contributed by atoms with Gasteiger partial charge in [0.2, 0.25) is 0 Å². The Morgan fingerprint density at radius 3 is 2.22 bits per heavy atom. The van der Waals surface area contributed by atoms with Crippen molar-refractivity contribution in [3.63, 3.8) is 0 Å². The number of nitrogens with one attached hydrogen (secondary N) is 1. The molecule has 0 aliphatic carbocycles. The number of rotatable bonds is 6. The van der Waals surface area contributed by atoms with Crippen molar-refractivity contribution in [2.45, 2.75) is 37.8 Å². The maximum atomic E-state index is 13.8. The molecule has 2 aliphatic heterocycles. The van der Waals surface area contributed by atoms with E-state index in [0.29, 0.717) is 19.5 Å². The van der Waals surface area contributed by atoms with Crippen molar-refractivity contribution in [1.82, 2.24) is 15.1 Å². The Labute approximate surface area is 192 Å². The van der Waals surface area contributed by atoms with Crippen LogP contribution in [0, 0.1) is 0 Å². The number of carbonyl (C=O) groups excluding carboxylic acids is 2. The van der Waals surface area contributed by atoms with E-state index in [1.807, 2.05) is 60.7 Å². The quantitative estimate of drug-likeness (QED) is 0.572. The van der Waals surface area contributed by atoms with Gasteiger partial charge in [-0.1, -0.05) is 60.7 Å². The molecule has 1 atom stereocenters. The van der Waals surface area contributed by atoms with Crippen LogP contribution in [0.3, 0.4) is 0 Å². The first-order chi connectivity index (χ1) is 15.6. The summed E-state index contributed by atoms with van der Waals surface area (Å²) in [6.45, 7) is 3.31. The minimum Gasteiger partial charge on any atom is -0.322 e. The van der Waals surface area contributed by atoms with Crippen LogP contribution in [0.5, 0.6) is 0 Å². The number of nitrogens with zero attached hydrogens (tertiary/aromatic N) is 2. The third-order valence-electron chi connectivity index (χ3n) is 6.67. The number of hydrogen-bond donors (Lipinski definition) is 1. The first kappa shape index (κ1) is 20.9. The smallest absolute Gasteiger partial charge is 0.322 e. The van der Waals surface area contributed by atoms with Gasteiger partial charge in [0, 0.05) is 30.3 Å². The molecule has 2 aromatic carbocycles. The summed E-state index contributed by atoms with van der Waals surface area (Å²) in [4.78, 5) is 32.0. The molecular weight excluding hydrogens is 418 g/mol. The van der Waals surface area contributed by atoms with Crippen LogP contribution in [-0.2, 0) is 24.1 Å². The number of fused-ring (bicyclic) bond motifs is 1. The lowest BCUT2D eigenvalue weighted by molar-refractivity contribution is -0.133. The zero-order valence-electron chi connectivity index (χ0n) is 18.2. The van der Waals surface area contributed by atoms with Gasteiger partial charge in [0.15, 0.2) is 0 Å². The summed E-state index contributed by atoms with van der Waals surface area (Å²) in [5.41, 5.74) is 2.40. The number of carbonyl (C=O) groups is 2. The van der Waals surface area contributed by atoms with Crippen molar-refractivity contribution in [3.05, 3.63) is 93.7 Å². The first-order valence-corrected chi connectivity index (χ1v) is 12.0. The van der Waals surface area contributed by atoms with Crippen molar-refractivity contribution in [2.75, 3.05) is 13.2 Å². The number of imide groups is 1. The Morgan fingerprint density at radius 1 is 0.969 bits per heavy atom. The fourth-order valence-electron chi connectivity index (χ4n) is 4.93. The molecule has 3 heterocycles. The van der Waals surface area contributed by atoms with Crippen molar-refractivity contribution in [3.8, 4) is 0 Å². The molecule has 5 rings (SSSR count). The predicted octanol–water partition coefficient (Wildman–Crippen LogP) is 4.40. The van der Waals surface area contributed by atoms with Gasteiger partial charge in [-0.15, -0.1) is 11.3 Å².